The van der Waals surface area contributed by atoms with Gasteiger partial charge in [0.2, 0.25) is 11.8 Å². The van der Waals surface area contributed by atoms with Crippen molar-refractivity contribution in [3.8, 4) is 0 Å². The van der Waals surface area contributed by atoms with E-state index >= 15 is 0 Å². The molecular weight excluding hydrogens is 286 g/mol. The van der Waals surface area contributed by atoms with Gasteiger partial charge in [0, 0.05) is 0 Å². The fraction of sp³-hybridized carbons (Fsp3) is 0.800. The summed E-state index contributed by atoms with van der Waals surface area (Å²) in [4.78, 5) is 35.2. The van der Waals surface area contributed by atoms with Crippen molar-refractivity contribution in [2.75, 3.05) is 0 Å². The normalized spacial score (nSPS) is 16.8. The zero-order chi connectivity index (χ0) is 17.4. The maximum Gasteiger partial charge on any atom is 0.243 e. The van der Waals surface area contributed by atoms with Gasteiger partial charge in [0.25, 0.3) is 0 Å². The van der Waals surface area contributed by atoms with Crippen LogP contribution in [0.2, 0.25) is 0 Å². The third-order valence-electron chi connectivity index (χ3n) is 3.29. The van der Waals surface area contributed by atoms with Crippen molar-refractivity contribution in [2.45, 2.75) is 65.3 Å². The Balaban J connectivity index is 4.84. The van der Waals surface area contributed by atoms with Crippen molar-refractivity contribution in [1.82, 2.24) is 10.6 Å². The topological polar surface area (TPSA) is 122 Å². The number of carbonyl (C=O) groups is 3. The van der Waals surface area contributed by atoms with E-state index in [0.717, 1.165) is 0 Å². The number of hydrogen-bond donors (Lipinski definition) is 4. The zero-order valence-electron chi connectivity index (χ0n) is 14.0. The molecule has 0 heterocycles. The first kappa shape index (κ1) is 20.5. The van der Waals surface area contributed by atoms with Gasteiger partial charge in [-0.1, -0.05) is 27.7 Å². The van der Waals surface area contributed by atoms with Crippen molar-refractivity contribution in [2.24, 2.45) is 17.6 Å². The summed E-state index contributed by atoms with van der Waals surface area (Å²) in [6.45, 7) is 8.85. The predicted molar refractivity (Wildman–Crippen MR) is 83.9 cm³/mol. The van der Waals surface area contributed by atoms with Crippen molar-refractivity contribution in [3.63, 3.8) is 0 Å². The molecule has 7 heteroatoms. The van der Waals surface area contributed by atoms with E-state index in [-0.39, 0.29) is 11.8 Å². The van der Waals surface area contributed by atoms with Crippen molar-refractivity contribution < 1.29 is 19.5 Å². The zero-order valence-corrected chi connectivity index (χ0v) is 14.0. The van der Waals surface area contributed by atoms with Gasteiger partial charge in [-0.3, -0.25) is 9.59 Å². The van der Waals surface area contributed by atoms with E-state index in [0.29, 0.717) is 12.7 Å². The van der Waals surface area contributed by atoms with E-state index in [1.807, 2.05) is 13.8 Å². The highest BCUT2D eigenvalue weighted by Gasteiger charge is 2.29. The van der Waals surface area contributed by atoms with E-state index in [4.69, 9.17) is 5.73 Å². The summed E-state index contributed by atoms with van der Waals surface area (Å²) >= 11 is 0. The molecule has 0 bridgehead atoms. The third kappa shape index (κ3) is 7.00. The number of aliphatic hydroxyl groups is 1. The highest BCUT2D eigenvalue weighted by molar-refractivity contribution is 5.91. The molecular formula is C15H29N3O4. The molecule has 0 aliphatic carbocycles. The SMILES string of the molecule is CC(C)C[C@@H](C=O)NC(=O)[C@@H](NC(=O)[C@@H](N)C(C)O)C(C)C. The molecule has 0 aliphatic rings. The standard InChI is InChI=1S/C15H29N3O4/c1-8(2)6-11(7-19)17-15(22)13(9(3)4)18-14(21)12(16)10(5)20/h7-13,20H,6,16H2,1-5H3,(H,17,22)(H,18,21)/t10?,11-,12-,13-/m0/s1. The molecule has 0 aromatic rings. The van der Waals surface area contributed by atoms with Crippen LogP contribution < -0.4 is 16.4 Å². The Bertz CT molecular complexity index is 383. The number of rotatable bonds is 9. The summed E-state index contributed by atoms with van der Waals surface area (Å²) in [5, 5.41) is 14.5. The number of carbonyl (C=O) groups excluding carboxylic acids is 3. The summed E-state index contributed by atoms with van der Waals surface area (Å²) in [5.41, 5.74) is 5.55. The molecule has 7 nitrogen and oxygen atoms in total. The number of aliphatic hydroxyl groups excluding tert-OH is 1. The maximum atomic E-state index is 12.3. The lowest BCUT2D eigenvalue weighted by atomic mass is 10.0. The first-order valence-electron chi connectivity index (χ1n) is 7.59. The lowest BCUT2D eigenvalue weighted by Crippen LogP contribution is -2.57. The Morgan fingerprint density at radius 1 is 1.09 bits per heavy atom. The molecule has 0 saturated carbocycles. The van der Waals surface area contributed by atoms with Crippen LogP contribution >= 0.6 is 0 Å². The van der Waals surface area contributed by atoms with Crippen LogP contribution in [0.25, 0.3) is 0 Å². The van der Waals surface area contributed by atoms with Crippen LogP contribution in [0.5, 0.6) is 0 Å². The summed E-state index contributed by atoms with van der Waals surface area (Å²) in [5.74, 6) is -0.961. The third-order valence-corrected chi connectivity index (χ3v) is 3.29. The molecule has 0 radical (unpaired) electrons. The van der Waals surface area contributed by atoms with E-state index in [2.05, 4.69) is 10.6 Å². The monoisotopic (exact) mass is 315 g/mol. The smallest absolute Gasteiger partial charge is 0.243 e. The van der Waals surface area contributed by atoms with Crippen LogP contribution in [0.1, 0.15) is 41.0 Å². The number of amides is 2. The molecule has 128 valence electrons. The van der Waals surface area contributed by atoms with Crippen LogP contribution in [-0.4, -0.2) is 47.4 Å². The van der Waals surface area contributed by atoms with Gasteiger partial charge in [-0.2, -0.15) is 0 Å². The molecule has 0 fully saturated rings. The quantitative estimate of drug-likeness (QED) is 0.430. The van der Waals surface area contributed by atoms with Crippen LogP contribution in [0, 0.1) is 11.8 Å². The fourth-order valence-electron chi connectivity index (χ4n) is 1.93. The molecule has 0 aromatic heterocycles. The second-order valence-corrected chi connectivity index (χ2v) is 6.38. The summed E-state index contributed by atoms with van der Waals surface area (Å²) < 4.78 is 0. The maximum absolute atomic E-state index is 12.3. The van der Waals surface area contributed by atoms with Gasteiger partial charge in [0.15, 0.2) is 0 Å². The lowest BCUT2D eigenvalue weighted by Gasteiger charge is -2.26. The molecule has 0 spiro atoms. The highest BCUT2D eigenvalue weighted by Crippen LogP contribution is 2.07. The Morgan fingerprint density at radius 2 is 1.64 bits per heavy atom. The van der Waals surface area contributed by atoms with E-state index < -0.39 is 36.0 Å². The highest BCUT2D eigenvalue weighted by atomic mass is 16.3. The molecule has 1 unspecified atom stereocenters. The van der Waals surface area contributed by atoms with E-state index in [9.17, 15) is 19.5 Å². The van der Waals surface area contributed by atoms with Crippen LogP contribution in [-0.2, 0) is 14.4 Å². The van der Waals surface area contributed by atoms with E-state index in [1.165, 1.54) is 6.92 Å². The Labute approximate surface area is 132 Å². The molecule has 2 amide bonds. The molecule has 0 aliphatic heterocycles. The molecule has 0 aromatic carbocycles. The van der Waals surface area contributed by atoms with Gasteiger partial charge in [-0.15, -0.1) is 0 Å². The van der Waals surface area contributed by atoms with Gasteiger partial charge in [0.1, 0.15) is 18.4 Å². The van der Waals surface area contributed by atoms with Gasteiger partial charge in [-0.05, 0) is 25.2 Å². The van der Waals surface area contributed by atoms with Crippen molar-refractivity contribution in [1.29, 1.82) is 0 Å². The van der Waals surface area contributed by atoms with Gasteiger partial charge in [0.05, 0.1) is 12.1 Å². The number of nitrogens with one attached hydrogen (secondary N) is 2. The minimum absolute atomic E-state index is 0.184. The Kier molecular flexibility index (Phi) is 8.89. The molecule has 22 heavy (non-hydrogen) atoms. The van der Waals surface area contributed by atoms with Crippen molar-refractivity contribution in [3.05, 3.63) is 0 Å². The summed E-state index contributed by atoms with van der Waals surface area (Å²) in [6, 6.07) is -2.51. The van der Waals surface area contributed by atoms with Crippen LogP contribution in [0.4, 0.5) is 0 Å². The molecule has 0 saturated heterocycles. The number of hydrogen-bond acceptors (Lipinski definition) is 5. The second-order valence-electron chi connectivity index (χ2n) is 6.38. The molecule has 0 rings (SSSR count). The first-order chi connectivity index (χ1) is 10.1. The van der Waals surface area contributed by atoms with E-state index in [1.54, 1.807) is 13.8 Å². The number of nitrogens with two attached hydrogens (primary N) is 1. The Morgan fingerprint density at radius 3 is 2.00 bits per heavy atom. The minimum atomic E-state index is -1.11. The average Bonchev–Trinajstić information content (AvgIpc) is 2.41. The predicted octanol–water partition coefficient (Wildman–Crippen LogP) is -0.435. The second kappa shape index (κ2) is 9.53. The Hall–Kier alpha value is -1.47. The largest absolute Gasteiger partial charge is 0.391 e. The summed E-state index contributed by atoms with van der Waals surface area (Å²) in [6.07, 6.45) is 0.208. The molecule has 4 atom stereocenters. The van der Waals surface area contributed by atoms with Crippen molar-refractivity contribution >= 4 is 18.1 Å². The lowest BCUT2D eigenvalue weighted by molar-refractivity contribution is -0.132. The van der Waals surface area contributed by atoms with Crippen LogP contribution in [0.3, 0.4) is 0 Å². The number of aldehydes is 1. The van der Waals surface area contributed by atoms with Crippen LogP contribution in [0.15, 0.2) is 0 Å². The van der Waals surface area contributed by atoms with Gasteiger partial charge >= 0.3 is 0 Å². The average molecular weight is 315 g/mol. The van der Waals surface area contributed by atoms with Gasteiger partial charge in [-0.25, -0.2) is 0 Å². The summed E-state index contributed by atoms with van der Waals surface area (Å²) in [7, 11) is 0. The molecule has 5 N–H and O–H groups in total. The first-order valence-corrected chi connectivity index (χ1v) is 7.59. The minimum Gasteiger partial charge on any atom is -0.391 e. The van der Waals surface area contributed by atoms with Gasteiger partial charge < -0.3 is 26.3 Å². The fourth-order valence-corrected chi connectivity index (χ4v) is 1.93.